The number of morpholine rings is 1. The van der Waals surface area contributed by atoms with Crippen molar-refractivity contribution < 1.29 is 4.74 Å². The van der Waals surface area contributed by atoms with Crippen LogP contribution in [-0.2, 0) is 4.74 Å². The summed E-state index contributed by atoms with van der Waals surface area (Å²) in [7, 11) is 10.9. The third-order valence-electron chi connectivity index (χ3n) is 24.7. The molecule has 10 saturated heterocycles. The molecule has 10 rings (SSSR count). The Morgan fingerprint density at radius 2 is 0.664 bits per heavy atom. The third kappa shape index (κ3) is 70.6. The normalized spacial score (nSPS) is 21.9. The fourth-order valence-corrected chi connectivity index (χ4v) is 17.2. The summed E-state index contributed by atoms with van der Waals surface area (Å²) in [5.74, 6) is 0.801. The monoisotopic (exact) mass is 1600 g/mol. The van der Waals surface area contributed by atoms with Gasteiger partial charge >= 0.3 is 0 Å². The molecule has 15 nitrogen and oxygen atoms in total. The predicted molar refractivity (Wildman–Crippen MR) is 509 cm³/mol. The van der Waals surface area contributed by atoms with E-state index >= 15 is 0 Å². The summed E-state index contributed by atoms with van der Waals surface area (Å²) in [6.07, 6.45) is 50.1. The van der Waals surface area contributed by atoms with Crippen molar-refractivity contribution in [3.63, 3.8) is 0 Å². The molecule has 0 saturated carbocycles. The van der Waals surface area contributed by atoms with Crippen molar-refractivity contribution in [1.82, 2.24) is 68.6 Å². The van der Waals surface area contributed by atoms with Gasteiger partial charge in [0.05, 0.1) is 13.2 Å². The quantitative estimate of drug-likeness (QED) is 0.0626. The first-order chi connectivity index (χ1) is 54.8. The first kappa shape index (κ1) is 114. The molecule has 0 aromatic rings. The molecule has 0 bridgehead atoms. The Morgan fingerprint density at radius 3 is 0.973 bits per heavy atom. The number of hydrogen-bond acceptors (Lipinski definition) is 15. The number of hydrogen-bond donors (Lipinski definition) is 0. The predicted octanol–water partition coefficient (Wildman–Crippen LogP) is 20.5. The molecule has 682 valence electrons. The van der Waals surface area contributed by atoms with Crippen LogP contribution < -0.4 is 0 Å². The van der Waals surface area contributed by atoms with Crippen molar-refractivity contribution in [3.8, 4) is 0 Å². The lowest BCUT2D eigenvalue weighted by molar-refractivity contribution is 0.0380. The molecule has 0 spiro atoms. The zero-order valence-corrected chi connectivity index (χ0v) is 81.9. The smallest absolute Gasteiger partial charge is 0.0594 e. The Balaban J connectivity index is 0. The highest BCUT2D eigenvalue weighted by molar-refractivity contribution is 4.77. The summed E-state index contributed by atoms with van der Waals surface area (Å²) in [4.78, 5) is 35.1. The second-order valence-corrected chi connectivity index (χ2v) is 36.0. The largest absolute Gasteiger partial charge is 0.379 e. The minimum absolute atomic E-state index is 0.801. The molecular formula is C98H214N14O. The van der Waals surface area contributed by atoms with E-state index in [-0.39, 0.29) is 0 Å². The highest BCUT2D eigenvalue weighted by Crippen LogP contribution is 2.20. The van der Waals surface area contributed by atoms with Crippen LogP contribution in [0.5, 0.6) is 0 Å². The molecule has 3 atom stereocenters. The van der Waals surface area contributed by atoms with Gasteiger partial charge < -0.3 is 68.4 Å². The third-order valence-corrected chi connectivity index (χ3v) is 24.7. The van der Waals surface area contributed by atoms with Gasteiger partial charge in [0.15, 0.2) is 0 Å². The van der Waals surface area contributed by atoms with Gasteiger partial charge in [-0.25, -0.2) is 0 Å². The van der Waals surface area contributed by atoms with E-state index in [0.29, 0.717) is 0 Å². The van der Waals surface area contributed by atoms with E-state index < -0.39 is 0 Å². The van der Waals surface area contributed by atoms with Crippen LogP contribution in [0.4, 0.5) is 0 Å². The standard InChI is InChI=1S/C13H26N2.C10H21N.C9H20N2.3C8H17N.C8H19N.C7H15NO.2C7H15N.C7H17N.C6H15N/c1-3-8-14(9-4-1)12-7-13-15-10-5-2-6-11-15;1-3-4-8-11-9-6-5-7-10(11)2;1-3-4-5-11-8-6-10(2)7-9-11;1-3-5-8-6-4-7-9(8)2;1-2-6-9-7-4-3-5-8-9;1-2-3-6-9-7-4-5-8-9;1-4-7-8-9(5-2)6-3;1-2-3-8-4-6-9-7-5-8;1-3-7-5-4-6-8(7)2;1-2-5-8-6-3-4-7-8;1-4-7-8(5-2)6-3;1-6(2)5-7(3)4/h1-13H2;10H,3-9H2,1-2H3;3-9H2,1-2H3;8H,3-7H2,1-2H3;2*2-8H2,1H3;4-8H2,1-3H3;2-7H2,1H3;7H,3-6H2,1-2H3;2-7H2,1H3;4-7H2,1-3H3;6H,5H2,1-4H3. The maximum atomic E-state index is 5.20. The van der Waals surface area contributed by atoms with E-state index in [4.69, 9.17) is 4.74 Å². The molecule has 10 aliphatic heterocycles. The van der Waals surface area contributed by atoms with Crippen molar-refractivity contribution in [2.24, 2.45) is 5.92 Å². The van der Waals surface area contributed by atoms with Gasteiger partial charge in [0.1, 0.15) is 0 Å². The number of piperidine rings is 4. The Morgan fingerprint density at radius 1 is 0.310 bits per heavy atom. The van der Waals surface area contributed by atoms with Gasteiger partial charge in [-0.05, 0) is 405 Å². The molecule has 0 aliphatic carbocycles. The van der Waals surface area contributed by atoms with Crippen LogP contribution in [0.25, 0.3) is 0 Å². The minimum atomic E-state index is 0.801. The molecule has 3 unspecified atom stereocenters. The molecule has 10 aliphatic rings. The van der Waals surface area contributed by atoms with E-state index in [2.05, 4.69) is 222 Å². The Labute approximate surface area is 713 Å². The van der Waals surface area contributed by atoms with Gasteiger partial charge in [0.2, 0.25) is 0 Å². The van der Waals surface area contributed by atoms with Crippen LogP contribution >= 0.6 is 0 Å². The number of ether oxygens (including phenoxy) is 1. The average Bonchev–Trinajstić information content (AvgIpc) is 1.33. The molecular weight excluding hydrogens is 1390 g/mol. The Bertz CT molecular complexity index is 1730. The molecule has 0 aromatic carbocycles. The van der Waals surface area contributed by atoms with Crippen LogP contribution in [0.2, 0.25) is 0 Å². The molecule has 0 amide bonds. The highest BCUT2D eigenvalue weighted by Gasteiger charge is 2.21. The van der Waals surface area contributed by atoms with Crippen LogP contribution in [0.1, 0.15) is 349 Å². The zero-order chi connectivity index (χ0) is 84.0. The average molecular weight is 1600 g/mol. The molecule has 0 aromatic heterocycles. The number of likely N-dealkylation sites (N-methyl/N-ethyl adjacent to an activating group) is 1. The van der Waals surface area contributed by atoms with Crippen molar-refractivity contribution >= 4 is 0 Å². The van der Waals surface area contributed by atoms with E-state index in [9.17, 15) is 0 Å². The molecule has 15 heteroatoms. The topological polar surface area (TPSA) is 54.6 Å². The first-order valence-corrected chi connectivity index (χ1v) is 50.4. The van der Waals surface area contributed by atoms with Crippen molar-refractivity contribution in [2.45, 2.75) is 367 Å². The maximum absolute atomic E-state index is 5.20. The summed E-state index contributed by atoms with van der Waals surface area (Å²) < 4.78 is 5.20. The lowest BCUT2D eigenvalue weighted by atomic mass is 10.0. The van der Waals surface area contributed by atoms with E-state index in [1.54, 1.807) is 0 Å². The number of rotatable bonds is 33. The number of nitrogens with zero attached hydrogens (tertiary/aromatic N) is 14. The molecule has 10 fully saturated rings. The van der Waals surface area contributed by atoms with Crippen LogP contribution in [-0.4, -0.2) is 358 Å². The Kier molecular flexibility index (Phi) is 86.1. The van der Waals surface area contributed by atoms with Crippen LogP contribution in [0.3, 0.4) is 0 Å². The fraction of sp³-hybridized carbons (Fsp3) is 1.00. The van der Waals surface area contributed by atoms with Crippen molar-refractivity contribution in [2.75, 3.05) is 271 Å². The number of likely N-dealkylation sites (tertiary alicyclic amines) is 8. The molecule has 10 heterocycles. The summed E-state index contributed by atoms with van der Waals surface area (Å²) in [5, 5.41) is 0. The second-order valence-electron chi connectivity index (χ2n) is 36.0. The van der Waals surface area contributed by atoms with Crippen molar-refractivity contribution in [3.05, 3.63) is 0 Å². The summed E-state index contributed by atoms with van der Waals surface area (Å²) >= 11 is 0. The molecule has 113 heavy (non-hydrogen) atoms. The zero-order valence-electron chi connectivity index (χ0n) is 81.9. The summed E-state index contributed by atoms with van der Waals surface area (Å²) in [6, 6.07) is 2.67. The van der Waals surface area contributed by atoms with E-state index in [1.807, 2.05) is 0 Å². The summed E-state index contributed by atoms with van der Waals surface area (Å²) in [5.41, 5.74) is 0. The lowest BCUT2D eigenvalue weighted by Gasteiger charge is -2.33. The van der Waals surface area contributed by atoms with Gasteiger partial charge in [-0.3, -0.25) is 4.90 Å². The fourth-order valence-electron chi connectivity index (χ4n) is 17.2. The first-order valence-electron chi connectivity index (χ1n) is 50.4. The SMILES string of the molecule is C1CCN(CCCN2CCCCC2)CC1.CC(C)CN(C)C.CCC1CCCN1C.CCCC1CCCN1C.CCCCN(CC)CC.CCCCN1CCCC1.CCCCN1CCCCC1C.CCCCN1CCN(C)CC1.CCCN(CC)CC.CCCN1CCCC1.CCCN1CCCCC1.CCCN1CCOCC1. The van der Waals surface area contributed by atoms with Gasteiger partial charge in [-0.1, -0.05) is 169 Å². The summed E-state index contributed by atoms with van der Waals surface area (Å²) in [6.45, 7) is 84.0. The minimum Gasteiger partial charge on any atom is -0.379 e. The highest BCUT2D eigenvalue weighted by atomic mass is 16.5. The number of piperazine rings is 1. The molecule has 0 N–H and O–H groups in total. The van der Waals surface area contributed by atoms with Gasteiger partial charge in [0.25, 0.3) is 0 Å². The van der Waals surface area contributed by atoms with Gasteiger partial charge in [-0.15, -0.1) is 0 Å². The lowest BCUT2D eigenvalue weighted by Crippen LogP contribution is -2.44. The number of unbranched alkanes of at least 4 members (excludes halogenated alkanes) is 4. The molecule has 0 radical (unpaired) electrons. The van der Waals surface area contributed by atoms with Crippen LogP contribution in [0, 0.1) is 5.92 Å². The van der Waals surface area contributed by atoms with Gasteiger partial charge in [-0.2, -0.15) is 0 Å². The van der Waals surface area contributed by atoms with E-state index in [1.165, 1.54) is 441 Å². The maximum Gasteiger partial charge on any atom is 0.0594 e. The second kappa shape index (κ2) is 85.0. The Hall–Kier alpha value is -0.600. The van der Waals surface area contributed by atoms with E-state index in [0.717, 1.165) is 50.3 Å². The van der Waals surface area contributed by atoms with Gasteiger partial charge in [0, 0.05) is 57.4 Å². The van der Waals surface area contributed by atoms with Crippen LogP contribution in [0.15, 0.2) is 0 Å². The van der Waals surface area contributed by atoms with Crippen molar-refractivity contribution in [1.29, 1.82) is 0 Å².